The summed E-state index contributed by atoms with van der Waals surface area (Å²) in [5, 5.41) is 8.07. The number of rotatable bonds is 4. The van der Waals surface area contributed by atoms with Crippen molar-refractivity contribution >= 4 is 5.91 Å². The molecule has 1 heterocycles. The van der Waals surface area contributed by atoms with Crippen LogP contribution in [0.1, 0.15) is 73.0 Å². The van der Waals surface area contributed by atoms with E-state index in [0.717, 1.165) is 61.2 Å². The predicted molar refractivity (Wildman–Crippen MR) is 125 cm³/mol. The molecule has 2 aliphatic rings. The van der Waals surface area contributed by atoms with Gasteiger partial charge in [-0.1, -0.05) is 37.8 Å². The molecule has 2 aliphatic carbocycles. The largest absolute Gasteiger partial charge is 0.349 e. The normalized spacial score (nSPS) is 16.9. The highest BCUT2D eigenvalue weighted by Crippen LogP contribution is 2.35. The Kier molecular flexibility index (Phi) is 6.06. The molecule has 1 saturated carbocycles. The van der Waals surface area contributed by atoms with Gasteiger partial charge in [0.25, 0.3) is 5.91 Å². The molecule has 4 nitrogen and oxygen atoms in total. The van der Waals surface area contributed by atoms with Crippen LogP contribution in [0, 0.1) is 5.82 Å². The summed E-state index contributed by atoms with van der Waals surface area (Å²) in [6, 6.07) is 14.7. The average Bonchev–Trinajstić information content (AvgIpc) is 3.01. The fourth-order valence-electron chi connectivity index (χ4n) is 5.12. The van der Waals surface area contributed by atoms with E-state index in [1.807, 2.05) is 41.1 Å². The Morgan fingerprint density at radius 3 is 2.38 bits per heavy atom. The number of nitrogens with one attached hydrogen (secondary N) is 1. The Balaban J connectivity index is 1.44. The second-order valence-corrected chi connectivity index (χ2v) is 9.08. The molecule has 1 fully saturated rings. The first-order chi connectivity index (χ1) is 15.7. The molecule has 1 N–H and O–H groups in total. The van der Waals surface area contributed by atoms with Crippen LogP contribution >= 0.6 is 0 Å². The first-order valence-electron chi connectivity index (χ1n) is 12.0. The fraction of sp³-hybridized carbons (Fsp3) is 0.407. The van der Waals surface area contributed by atoms with Gasteiger partial charge in [0, 0.05) is 22.7 Å². The van der Waals surface area contributed by atoms with E-state index in [4.69, 9.17) is 5.10 Å². The monoisotopic (exact) mass is 431 g/mol. The number of halogens is 1. The third-order valence-corrected chi connectivity index (χ3v) is 6.85. The van der Waals surface area contributed by atoms with Gasteiger partial charge in [-0.15, -0.1) is 0 Å². The molecular formula is C27H30FN3O. The maximum Gasteiger partial charge on any atom is 0.251 e. The Morgan fingerprint density at radius 2 is 1.62 bits per heavy atom. The smallest absolute Gasteiger partial charge is 0.251 e. The van der Waals surface area contributed by atoms with Crippen molar-refractivity contribution in [3.63, 3.8) is 0 Å². The lowest BCUT2D eigenvalue weighted by Crippen LogP contribution is -2.34. The molecule has 0 spiro atoms. The standard InChI is InChI=1S/C27H30FN3O/c28-24-13-7-5-11-22(24)26-23-12-6-8-14-25(23)30-31(26)21-17-15-19(16-18-21)27(32)29-20-9-3-1-2-4-10-20/h5,7,11,13,15-18,20H,1-4,6,8-10,12,14H2,(H,29,32). The molecule has 3 aromatic rings. The summed E-state index contributed by atoms with van der Waals surface area (Å²) in [4.78, 5) is 12.8. The van der Waals surface area contributed by atoms with Crippen molar-refractivity contribution in [2.75, 3.05) is 0 Å². The number of hydrogen-bond donors (Lipinski definition) is 1. The van der Waals surface area contributed by atoms with Crippen molar-refractivity contribution in [1.82, 2.24) is 15.1 Å². The van der Waals surface area contributed by atoms with Crippen molar-refractivity contribution in [3.8, 4) is 16.9 Å². The quantitative estimate of drug-likeness (QED) is 0.514. The molecule has 0 unspecified atom stereocenters. The van der Waals surface area contributed by atoms with E-state index in [1.54, 1.807) is 6.07 Å². The van der Waals surface area contributed by atoms with Crippen LogP contribution in [0.25, 0.3) is 16.9 Å². The Bertz CT molecular complexity index is 1090. The minimum absolute atomic E-state index is 0.0162. The molecule has 0 bridgehead atoms. The number of amides is 1. The van der Waals surface area contributed by atoms with Gasteiger partial charge in [-0.25, -0.2) is 9.07 Å². The van der Waals surface area contributed by atoms with Crippen molar-refractivity contribution < 1.29 is 9.18 Å². The lowest BCUT2D eigenvalue weighted by Gasteiger charge is -2.16. The number of fused-ring (bicyclic) bond motifs is 1. The van der Waals surface area contributed by atoms with Crippen LogP contribution in [-0.2, 0) is 12.8 Å². The van der Waals surface area contributed by atoms with E-state index in [2.05, 4.69) is 5.32 Å². The maximum atomic E-state index is 14.7. The molecule has 0 saturated heterocycles. The van der Waals surface area contributed by atoms with Gasteiger partial charge in [-0.2, -0.15) is 5.10 Å². The first-order valence-corrected chi connectivity index (χ1v) is 12.0. The van der Waals surface area contributed by atoms with Gasteiger partial charge in [-0.05, 0) is 74.9 Å². The first kappa shape index (κ1) is 20.9. The Hall–Kier alpha value is -2.95. The van der Waals surface area contributed by atoms with Gasteiger partial charge < -0.3 is 5.32 Å². The highest BCUT2D eigenvalue weighted by atomic mass is 19.1. The minimum Gasteiger partial charge on any atom is -0.349 e. The number of aryl methyl sites for hydroxylation is 1. The summed E-state index contributed by atoms with van der Waals surface area (Å²) in [6.45, 7) is 0. The lowest BCUT2D eigenvalue weighted by molar-refractivity contribution is 0.0933. The molecule has 166 valence electrons. The van der Waals surface area contributed by atoms with Crippen LogP contribution in [0.3, 0.4) is 0 Å². The van der Waals surface area contributed by atoms with Gasteiger partial charge in [0.1, 0.15) is 5.82 Å². The van der Waals surface area contributed by atoms with Gasteiger partial charge in [0.05, 0.1) is 17.1 Å². The average molecular weight is 432 g/mol. The van der Waals surface area contributed by atoms with E-state index in [0.29, 0.717) is 11.1 Å². The van der Waals surface area contributed by atoms with Gasteiger partial charge >= 0.3 is 0 Å². The van der Waals surface area contributed by atoms with Crippen LogP contribution in [0.4, 0.5) is 4.39 Å². The Labute approximate surface area is 188 Å². The van der Waals surface area contributed by atoms with Crippen molar-refractivity contribution in [2.24, 2.45) is 0 Å². The molecule has 0 atom stereocenters. The van der Waals surface area contributed by atoms with Crippen LogP contribution in [0.5, 0.6) is 0 Å². The second kappa shape index (κ2) is 9.27. The van der Waals surface area contributed by atoms with Crippen molar-refractivity contribution in [2.45, 2.75) is 70.3 Å². The van der Waals surface area contributed by atoms with E-state index < -0.39 is 0 Å². The second-order valence-electron chi connectivity index (χ2n) is 9.08. The van der Waals surface area contributed by atoms with Crippen LogP contribution in [0.2, 0.25) is 0 Å². The van der Waals surface area contributed by atoms with Crippen LogP contribution in [0.15, 0.2) is 48.5 Å². The van der Waals surface area contributed by atoms with Gasteiger partial charge in [0.15, 0.2) is 0 Å². The van der Waals surface area contributed by atoms with E-state index >= 15 is 0 Å². The van der Waals surface area contributed by atoms with E-state index in [-0.39, 0.29) is 17.8 Å². The van der Waals surface area contributed by atoms with Crippen molar-refractivity contribution in [1.29, 1.82) is 0 Å². The van der Waals surface area contributed by atoms with E-state index in [9.17, 15) is 9.18 Å². The molecule has 5 heteroatoms. The number of carbonyl (C=O) groups is 1. The third kappa shape index (κ3) is 4.21. The molecule has 1 amide bonds. The molecule has 5 rings (SSSR count). The number of nitrogens with zero attached hydrogens (tertiary/aromatic N) is 2. The number of aromatic nitrogens is 2. The molecule has 0 radical (unpaired) electrons. The maximum absolute atomic E-state index is 14.7. The summed E-state index contributed by atoms with van der Waals surface area (Å²) in [5.74, 6) is -0.251. The van der Waals surface area contributed by atoms with Crippen LogP contribution < -0.4 is 5.32 Å². The van der Waals surface area contributed by atoms with E-state index in [1.165, 1.54) is 31.7 Å². The SMILES string of the molecule is O=C(NC1CCCCCC1)c1ccc(-n2nc3c(c2-c2ccccc2F)CCCC3)cc1. The molecule has 0 aliphatic heterocycles. The summed E-state index contributed by atoms with van der Waals surface area (Å²) in [6.07, 6.45) is 11.1. The summed E-state index contributed by atoms with van der Waals surface area (Å²) in [5.41, 5.74) is 5.14. The summed E-state index contributed by atoms with van der Waals surface area (Å²) < 4.78 is 16.6. The topological polar surface area (TPSA) is 46.9 Å². The number of carbonyl (C=O) groups excluding carboxylic acids is 1. The zero-order chi connectivity index (χ0) is 21.9. The minimum atomic E-state index is -0.235. The predicted octanol–water partition coefficient (Wildman–Crippen LogP) is 6.01. The molecule has 2 aromatic carbocycles. The third-order valence-electron chi connectivity index (χ3n) is 6.85. The molecule has 32 heavy (non-hydrogen) atoms. The lowest BCUT2D eigenvalue weighted by atomic mass is 9.93. The zero-order valence-corrected chi connectivity index (χ0v) is 18.4. The highest BCUT2D eigenvalue weighted by Gasteiger charge is 2.24. The highest BCUT2D eigenvalue weighted by molar-refractivity contribution is 5.94. The Morgan fingerprint density at radius 1 is 0.906 bits per heavy atom. The summed E-state index contributed by atoms with van der Waals surface area (Å²) in [7, 11) is 0. The van der Waals surface area contributed by atoms with Crippen molar-refractivity contribution in [3.05, 3.63) is 71.2 Å². The molecule has 1 aromatic heterocycles. The van der Waals surface area contributed by atoms with Gasteiger partial charge in [-0.3, -0.25) is 4.79 Å². The molecular weight excluding hydrogens is 401 g/mol. The number of hydrogen-bond acceptors (Lipinski definition) is 2. The number of benzene rings is 2. The zero-order valence-electron chi connectivity index (χ0n) is 18.4. The van der Waals surface area contributed by atoms with Crippen LogP contribution in [-0.4, -0.2) is 21.7 Å². The van der Waals surface area contributed by atoms with Gasteiger partial charge in [0.2, 0.25) is 0 Å². The fourth-order valence-corrected chi connectivity index (χ4v) is 5.12. The summed E-state index contributed by atoms with van der Waals surface area (Å²) >= 11 is 0.